The Morgan fingerprint density at radius 2 is 1.89 bits per heavy atom. The molecular weight excluding hydrogens is 250 g/mol. The molecule has 1 amide bonds. The third kappa shape index (κ3) is 2.47. The number of rotatable bonds is 4. The zero-order valence-corrected chi connectivity index (χ0v) is 9.25. The number of carbonyl (C=O) groups is 1. The largest absolute Gasteiger partial charge is 0.383 e. The Balaban J connectivity index is 1.93. The smallest absolute Gasteiger partial charge is 0.347 e. The van der Waals surface area contributed by atoms with Crippen LogP contribution in [0.25, 0.3) is 0 Å². The monoisotopic (exact) mass is 261 g/mol. The lowest BCUT2D eigenvalue weighted by atomic mass is 10.1. The number of halogens is 4. The molecule has 1 aromatic rings. The summed E-state index contributed by atoms with van der Waals surface area (Å²) in [6.07, 6.45) is -3.49. The van der Waals surface area contributed by atoms with Crippen molar-refractivity contribution in [3.05, 3.63) is 35.9 Å². The molecule has 1 aliphatic carbocycles. The van der Waals surface area contributed by atoms with Crippen LogP contribution >= 0.6 is 0 Å². The minimum absolute atomic E-state index is 0.0661. The lowest BCUT2D eigenvalue weighted by Gasteiger charge is -2.14. The Morgan fingerprint density at radius 1 is 1.28 bits per heavy atom. The van der Waals surface area contributed by atoms with Crippen LogP contribution in [0.4, 0.5) is 17.6 Å². The molecule has 1 fully saturated rings. The van der Waals surface area contributed by atoms with Crippen molar-refractivity contribution >= 4 is 5.91 Å². The van der Waals surface area contributed by atoms with E-state index in [0.29, 0.717) is 6.42 Å². The van der Waals surface area contributed by atoms with Gasteiger partial charge in [-0.25, -0.2) is 8.78 Å². The molecule has 0 radical (unpaired) electrons. The van der Waals surface area contributed by atoms with E-state index >= 15 is 0 Å². The molecule has 6 heteroatoms. The normalized spacial score (nSPS) is 22.9. The fourth-order valence-corrected chi connectivity index (χ4v) is 1.79. The van der Waals surface area contributed by atoms with Crippen LogP contribution in [-0.2, 0) is 4.79 Å². The number of benzene rings is 1. The number of alkyl halides is 4. The molecule has 0 bridgehead atoms. The van der Waals surface area contributed by atoms with Crippen molar-refractivity contribution in [2.45, 2.75) is 30.7 Å². The Hall–Kier alpha value is -1.59. The summed E-state index contributed by atoms with van der Waals surface area (Å²) in [4.78, 5) is 11.0. The maximum Gasteiger partial charge on any atom is 0.383 e. The first-order chi connectivity index (χ1) is 8.43. The molecule has 2 nitrogen and oxygen atoms in total. The summed E-state index contributed by atoms with van der Waals surface area (Å²) >= 11 is 0. The van der Waals surface area contributed by atoms with Crippen molar-refractivity contribution in [1.82, 2.24) is 5.32 Å². The standard InChI is InChI=1S/C12H11F4NO/c13-10(14)12(15,16)11(18)17-9-6-8(9)7-4-2-1-3-5-7/h1-5,8-10H,6H2,(H,17,18). The second-order valence-electron chi connectivity index (χ2n) is 4.26. The molecule has 18 heavy (non-hydrogen) atoms. The zero-order chi connectivity index (χ0) is 13.3. The Kier molecular flexibility index (Phi) is 3.28. The molecule has 0 saturated heterocycles. The summed E-state index contributed by atoms with van der Waals surface area (Å²) in [6, 6.07) is 8.53. The van der Waals surface area contributed by atoms with Crippen LogP contribution in [0.1, 0.15) is 17.9 Å². The third-order valence-corrected chi connectivity index (χ3v) is 2.91. The van der Waals surface area contributed by atoms with Gasteiger partial charge in [0, 0.05) is 12.0 Å². The molecule has 1 N–H and O–H groups in total. The summed E-state index contributed by atoms with van der Waals surface area (Å²) in [5.74, 6) is -6.59. The van der Waals surface area contributed by atoms with Gasteiger partial charge < -0.3 is 5.32 Å². The quantitative estimate of drug-likeness (QED) is 0.829. The molecule has 2 unspecified atom stereocenters. The predicted molar refractivity (Wildman–Crippen MR) is 56.7 cm³/mol. The predicted octanol–water partition coefficient (Wildman–Crippen LogP) is 2.56. The van der Waals surface area contributed by atoms with Crippen molar-refractivity contribution in [3.8, 4) is 0 Å². The number of hydrogen-bond donors (Lipinski definition) is 1. The molecule has 1 aromatic carbocycles. The zero-order valence-electron chi connectivity index (χ0n) is 9.25. The summed E-state index contributed by atoms with van der Waals surface area (Å²) in [6.45, 7) is 0. The van der Waals surface area contributed by atoms with E-state index in [1.807, 2.05) is 23.5 Å². The van der Waals surface area contributed by atoms with E-state index in [1.165, 1.54) is 0 Å². The molecule has 0 aromatic heterocycles. The van der Waals surface area contributed by atoms with Crippen LogP contribution in [0.3, 0.4) is 0 Å². The SMILES string of the molecule is O=C(NC1CC1c1ccccc1)C(F)(F)C(F)F. The average molecular weight is 261 g/mol. The first-order valence-electron chi connectivity index (χ1n) is 5.45. The number of nitrogens with one attached hydrogen (secondary N) is 1. The molecule has 0 spiro atoms. The maximum atomic E-state index is 12.7. The van der Waals surface area contributed by atoms with Crippen molar-refractivity contribution in [3.63, 3.8) is 0 Å². The van der Waals surface area contributed by atoms with E-state index in [1.54, 1.807) is 12.1 Å². The molecule has 0 heterocycles. The van der Waals surface area contributed by atoms with Gasteiger partial charge >= 0.3 is 12.3 Å². The lowest BCUT2D eigenvalue weighted by molar-refractivity contribution is -0.169. The fraction of sp³-hybridized carbons (Fsp3) is 0.417. The van der Waals surface area contributed by atoms with E-state index < -0.39 is 24.3 Å². The van der Waals surface area contributed by atoms with Gasteiger partial charge in [-0.2, -0.15) is 8.78 Å². The van der Waals surface area contributed by atoms with Crippen molar-refractivity contribution in [1.29, 1.82) is 0 Å². The Morgan fingerprint density at radius 3 is 2.44 bits per heavy atom. The van der Waals surface area contributed by atoms with Gasteiger partial charge in [0.2, 0.25) is 0 Å². The van der Waals surface area contributed by atoms with Gasteiger partial charge in [0.15, 0.2) is 0 Å². The van der Waals surface area contributed by atoms with E-state index in [4.69, 9.17) is 0 Å². The highest BCUT2D eigenvalue weighted by Crippen LogP contribution is 2.41. The highest BCUT2D eigenvalue weighted by molar-refractivity contribution is 5.84. The first-order valence-corrected chi connectivity index (χ1v) is 5.45. The van der Waals surface area contributed by atoms with Crippen LogP contribution in [0, 0.1) is 0 Å². The summed E-state index contributed by atoms with van der Waals surface area (Å²) in [7, 11) is 0. The van der Waals surface area contributed by atoms with Gasteiger partial charge in [0.05, 0.1) is 0 Å². The maximum absolute atomic E-state index is 12.7. The second kappa shape index (κ2) is 4.59. The van der Waals surface area contributed by atoms with Gasteiger partial charge in [0.1, 0.15) is 0 Å². The molecule has 98 valence electrons. The van der Waals surface area contributed by atoms with E-state index in [9.17, 15) is 22.4 Å². The topological polar surface area (TPSA) is 29.1 Å². The minimum Gasteiger partial charge on any atom is -0.347 e. The van der Waals surface area contributed by atoms with Crippen LogP contribution in [0.5, 0.6) is 0 Å². The van der Waals surface area contributed by atoms with Gasteiger partial charge in [-0.1, -0.05) is 30.3 Å². The van der Waals surface area contributed by atoms with E-state index in [0.717, 1.165) is 5.56 Å². The number of amides is 1. The lowest BCUT2D eigenvalue weighted by Crippen LogP contribution is -2.46. The Bertz CT molecular complexity index is 435. The molecule has 0 aliphatic heterocycles. The van der Waals surface area contributed by atoms with E-state index in [2.05, 4.69) is 0 Å². The van der Waals surface area contributed by atoms with Gasteiger partial charge in [-0.3, -0.25) is 4.79 Å². The first kappa shape index (κ1) is 12.9. The highest BCUT2D eigenvalue weighted by atomic mass is 19.3. The van der Waals surface area contributed by atoms with Crippen molar-refractivity contribution < 1.29 is 22.4 Å². The number of hydrogen-bond acceptors (Lipinski definition) is 1. The van der Waals surface area contributed by atoms with Crippen molar-refractivity contribution in [2.24, 2.45) is 0 Å². The van der Waals surface area contributed by atoms with Gasteiger partial charge in [0.25, 0.3) is 5.91 Å². The average Bonchev–Trinajstić information content (AvgIpc) is 3.09. The summed E-state index contributed by atoms with van der Waals surface area (Å²) < 4.78 is 49.3. The third-order valence-electron chi connectivity index (χ3n) is 2.91. The van der Waals surface area contributed by atoms with Crippen LogP contribution in [0.2, 0.25) is 0 Å². The Labute approximate surface area is 101 Å². The molecule has 2 atom stereocenters. The number of carbonyl (C=O) groups excluding carboxylic acids is 1. The van der Waals surface area contributed by atoms with Crippen LogP contribution in [0.15, 0.2) is 30.3 Å². The van der Waals surface area contributed by atoms with Gasteiger partial charge in [-0.05, 0) is 12.0 Å². The minimum atomic E-state index is -4.62. The van der Waals surface area contributed by atoms with Crippen molar-refractivity contribution in [2.75, 3.05) is 0 Å². The molecule has 1 aliphatic rings. The van der Waals surface area contributed by atoms with Crippen LogP contribution in [-0.4, -0.2) is 24.3 Å². The van der Waals surface area contributed by atoms with E-state index in [-0.39, 0.29) is 5.92 Å². The highest BCUT2D eigenvalue weighted by Gasteiger charge is 2.51. The summed E-state index contributed by atoms with van der Waals surface area (Å²) in [5, 5.41) is 1.96. The summed E-state index contributed by atoms with van der Waals surface area (Å²) in [5.41, 5.74) is 0.906. The molecule has 2 rings (SSSR count). The van der Waals surface area contributed by atoms with Crippen LogP contribution < -0.4 is 5.32 Å². The molecular formula is C12H11F4NO. The second-order valence-corrected chi connectivity index (χ2v) is 4.26. The van der Waals surface area contributed by atoms with Gasteiger partial charge in [-0.15, -0.1) is 0 Å². The fourth-order valence-electron chi connectivity index (χ4n) is 1.79. The molecule has 1 saturated carbocycles.